The van der Waals surface area contributed by atoms with Crippen molar-refractivity contribution in [2.45, 2.75) is 58.6 Å². The molecule has 3 heteroatoms. The molecule has 0 aromatic rings. The summed E-state index contributed by atoms with van der Waals surface area (Å²) in [5, 5.41) is 0. The molecule has 108 valence electrons. The van der Waals surface area contributed by atoms with Crippen molar-refractivity contribution in [1.82, 2.24) is 4.90 Å². The molecule has 1 aliphatic rings. The predicted octanol–water partition coefficient (Wildman–Crippen LogP) is 2.50. The van der Waals surface area contributed by atoms with Crippen LogP contribution in [0, 0.1) is 11.8 Å². The van der Waals surface area contributed by atoms with Crippen LogP contribution in [0.2, 0.25) is 0 Å². The third-order valence-corrected chi connectivity index (χ3v) is 4.41. The molecule has 0 bridgehead atoms. The molecule has 2 N–H and O–H groups in total. The Balaban J connectivity index is 2.42. The molecule has 0 aromatic heterocycles. The lowest BCUT2D eigenvalue weighted by Crippen LogP contribution is -2.46. The second kappa shape index (κ2) is 8.13. The number of nitrogens with zero attached hydrogens (tertiary/aromatic N) is 1. The quantitative estimate of drug-likeness (QED) is 0.760. The average Bonchev–Trinajstić information content (AvgIpc) is 2.37. The molecule has 3 atom stereocenters. The topological polar surface area (TPSA) is 38.5 Å². The lowest BCUT2D eigenvalue weighted by molar-refractivity contribution is 0.0352. The van der Waals surface area contributed by atoms with Gasteiger partial charge in [0.15, 0.2) is 0 Å². The van der Waals surface area contributed by atoms with Crippen molar-refractivity contribution in [2.24, 2.45) is 17.6 Å². The minimum absolute atomic E-state index is 0.332. The molecular formula is C15H32N2O. The molecule has 0 heterocycles. The number of hydrogen-bond acceptors (Lipinski definition) is 3. The van der Waals surface area contributed by atoms with Gasteiger partial charge in [-0.05, 0) is 52.1 Å². The van der Waals surface area contributed by atoms with Crippen molar-refractivity contribution in [3.05, 3.63) is 0 Å². The summed E-state index contributed by atoms with van der Waals surface area (Å²) < 4.78 is 5.65. The molecule has 0 aromatic carbocycles. The summed E-state index contributed by atoms with van der Waals surface area (Å²) in [6, 6.07) is 0.657. The number of nitrogens with two attached hydrogens (primary N) is 1. The predicted molar refractivity (Wildman–Crippen MR) is 77.7 cm³/mol. The van der Waals surface area contributed by atoms with Crippen molar-refractivity contribution < 1.29 is 4.74 Å². The van der Waals surface area contributed by atoms with Gasteiger partial charge in [-0.15, -0.1) is 0 Å². The first-order valence-corrected chi connectivity index (χ1v) is 7.60. The van der Waals surface area contributed by atoms with Crippen molar-refractivity contribution in [1.29, 1.82) is 0 Å². The van der Waals surface area contributed by atoms with Crippen LogP contribution in [0.3, 0.4) is 0 Å². The molecule has 1 fully saturated rings. The summed E-state index contributed by atoms with van der Waals surface area (Å²) in [5.41, 5.74) is 5.94. The Hall–Kier alpha value is -0.120. The molecule has 0 saturated heterocycles. The van der Waals surface area contributed by atoms with Gasteiger partial charge in [0.2, 0.25) is 0 Å². The highest BCUT2D eigenvalue weighted by Crippen LogP contribution is 2.33. The molecule has 1 saturated carbocycles. The van der Waals surface area contributed by atoms with Gasteiger partial charge >= 0.3 is 0 Å². The van der Waals surface area contributed by atoms with Crippen LogP contribution in [0.1, 0.15) is 46.5 Å². The summed E-state index contributed by atoms with van der Waals surface area (Å²) >= 11 is 0. The first kappa shape index (κ1) is 15.9. The third kappa shape index (κ3) is 4.87. The van der Waals surface area contributed by atoms with Crippen LogP contribution in [0.25, 0.3) is 0 Å². The Morgan fingerprint density at radius 3 is 2.61 bits per heavy atom. The average molecular weight is 256 g/mol. The van der Waals surface area contributed by atoms with E-state index in [1.807, 2.05) is 0 Å². The minimum atomic E-state index is 0.332. The standard InChI is InChI=1S/C15H32N2O/c1-5-13-6-7-14(11-16)15(10-13)17(4)8-9-18-12(2)3/h12-15H,5-11,16H2,1-4H3. The fraction of sp³-hybridized carbons (Fsp3) is 1.00. The van der Waals surface area contributed by atoms with Gasteiger partial charge in [0, 0.05) is 12.6 Å². The minimum Gasteiger partial charge on any atom is -0.377 e. The molecule has 0 spiro atoms. The monoisotopic (exact) mass is 256 g/mol. The fourth-order valence-electron chi connectivity index (χ4n) is 3.08. The molecule has 3 unspecified atom stereocenters. The van der Waals surface area contributed by atoms with Crippen LogP contribution in [-0.4, -0.2) is 43.8 Å². The highest BCUT2D eigenvalue weighted by Gasteiger charge is 2.31. The van der Waals surface area contributed by atoms with Crippen LogP contribution in [-0.2, 0) is 4.74 Å². The van der Waals surface area contributed by atoms with Crippen LogP contribution in [0.15, 0.2) is 0 Å². The Labute approximate surface area is 113 Å². The van der Waals surface area contributed by atoms with Gasteiger partial charge < -0.3 is 15.4 Å². The molecule has 0 radical (unpaired) electrons. The molecule has 1 aliphatic carbocycles. The number of hydrogen-bond donors (Lipinski definition) is 1. The van der Waals surface area contributed by atoms with E-state index in [4.69, 9.17) is 10.5 Å². The smallest absolute Gasteiger partial charge is 0.0596 e. The number of likely N-dealkylation sites (N-methyl/N-ethyl adjacent to an activating group) is 1. The number of ether oxygens (including phenoxy) is 1. The highest BCUT2D eigenvalue weighted by molar-refractivity contribution is 4.86. The zero-order valence-corrected chi connectivity index (χ0v) is 12.7. The van der Waals surface area contributed by atoms with E-state index in [2.05, 4.69) is 32.7 Å². The molecule has 3 nitrogen and oxygen atoms in total. The Morgan fingerprint density at radius 2 is 2.06 bits per heavy atom. The van der Waals surface area contributed by atoms with Crippen molar-refractivity contribution in [3.8, 4) is 0 Å². The zero-order valence-electron chi connectivity index (χ0n) is 12.7. The third-order valence-electron chi connectivity index (χ3n) is 4.41. The first-order valence-electron chi connectivity index (χ1n) is 7.60. The first-order chi connectivity index (χ1) is 8.58. The molecule has 18 heavy (non-hydrogen) atoms. The van der Waals surface area contributed by atoms with Crippen molar-refractivity contribution in [3.63, 3.8) is 0 Å². The van der Waals surface area contributed by atoms with Crippen LogP contribution in [0.4, 0.5) is 0 Å². The normalized spacial score (nSPS) is 29.2. The maximum atomic E-state index is 5.94. The second-order valence-electron chi connectivity index (χ2n) is 6.05. The van der Waals surface area contributed by atoms with Crippen LogP contribution < -0.4 is 5.73 Å². The van der Waals surface area contributed by atoms with E-state index in [9.17, 15) is 0 Å². The Bertz CT molecular complexity index is 221. The zero-order chi connectivity index (χ0) is 13.5. The molecule has 0 aliphatic heterocycles. The lowest BCUT2D eigenvalue weighted by Gasteiger charge is -2.40. The van der Waals surface area contributed by atoms with Gasteiger partial charge in [-0.25, -0.2) is 0 Å². The van der Waals surface area contributed by atoms with E-state index in [-0.39, 0.29) is 0 Å². The maximum Gasteiger partial charge on any atom is 0.0596 e. The van der Waals surface area contributed by atoms with E-state index in [0.29, 0.717) is 18.1 Å². The van der Waals surface area contributed by atoms with Gasteiger partial charge in [-0.2, -0.15) is 0 Å². The largest absolute Gasteiger partial charge is 0.377 e. The highest BCUT2D eigenvalue weighted by atomic mass is 16.5. The van der Waals surface area contributed by atoms with Gasteiger partial charge in [-0.1, -0.05) is 19.8 Å². The maximum absolute atomic E-state index is 5.94. The van der Waals surface area contributed by atoms with E-state index in [0.717, 1.165) is 25.6 Å². The summed E-state index contributed by atoms with van der Waals surface area (Å²) in [4.78, 5) is 2.47. The summed E-state index contributed by atoms with van der Waals surface area (Å²) in [6.07, 6.45) is 5.62. The SMILES string of the molecule is CCC1CCC(CN)C(N(C)CCOC(C)C)C1. The fourth-order valence-corrected chi connectivity index (χ4v) is 3.08. The van der Waals surface area contributed by atoms with E-state index in [1.54, 1.807) is 0 Å². The van der Waals surface area contributed by atoms with Gasteiger partial charge in [0.25, 0.3) is 0 Å². The van der Waals surface area contributed by atoms with Gasteiger partial charge in [-0.3, -0.25) is 0 Å². The van der Waals surface area contributed by atoms with Crippen molar-refractivity contribution in [2.75, 3.05) is 26.7 Å². The Morgan fingerprint density at radius 1 is 1.33 bits per heavy atom. The molecule has 1 rings (SSSR count). The van der Waals surface area contributed by atoms with E-state index < -0.39 is 0 Å². The lowest BCUT2D eigenvalue weighted by atomic mass is 9.76. The van der Waals surface area contributed by atoms with E-state index >= 15 is 0 Å². The summed E-state index contributed by atoms with van der Waals surface area (Å²) in [5.74, 6) is 1.57. The van der Waals surface area contributed by atoms with E-state index in [1.165, 1.54) is 25.7 Å². The molecule has 0 amide bonds. The van der Waals surface area contributed by atoms with Gasteiger partial charge in [0.05, 0.1) is 12.7 Å². The Kier molecular flexibility index (Phi) is 7.20. The number of rotatable bonds is 7. The van der Waals surface area contributed by atoms with Crippen LogP contribution in [0.5, 0.6) is 0 Å². The van der Waals surface area contributed by atoms with Crippen molar-refractivity contribution >= 4 is 0 Å². The second-order valence-corrected chi connectivity index (χ2v) is 6.05. The van der Waals surface area contributed by atoms with Crippen LogP contribution >= 0.6 is 0 Å². The summed E-state index contributed by atoms with van der Waals surface area (Å²) in [6.45, 7) is 9.18. The van der Waals surface area contributed by atoms with Gasteiger partial charge in [0.1, 0.15) is 0 Å². The molecular weight excluding hydrogens is 224 g/mol. The summed E-state index contributed by atoms with van der Waals surface area (Å²) in [7, 11) is 2.23.